The molecule has 0 aliphatic rings. The average Bonchev–Trinajstić information content (AvgIpc) is 3.29. The maximum Gasteiger partial charge on any atom is 0.306 e. The van der Waals surface area contributed by atoms with Gasteiger partial charge in [-0.25, -0.2) is 0 Å². The fourth-order valence-corrected chi connectivity index (χ4v) is 8.89. The van der Waals surface area contributed by atoms with Crippen LogP contribution in [0.1, 0.15) is 310 Å². The molecule has 0 aromatic rings. The van der Waals surface area contributed by atoms with Crippen LogP contribution in [0.3, 0.4) is 0 Å². The second-order valence-electron chi connectivity index (χ2n) is 19.7. The van der Waals surface area contributed by atoms with Gasteiger partial charge >= 0.3 is 5.97 Å². The maximum atomic E-state index is 13.2. The summed E-state index contributed by atoms with van der Waals surface area (Å²) in [5.74, 6) is -0.483. The van der Waals surface area contributed by atoms with E-state index in [9.17, 15) is 19.8 Å². The van der Waals surface area contributed by atoms with Gasteiger partial charge in [0.15, 0.2) is 0 Å². The zero-order valence-corrected chi connectivity index (χ0v) is 43.2. The number of nitrogens with one attached hydrogen (secondary N) is 1. The first-order valence-electron chi connectivity index (χ1n) is 28.6. The lowest BCUT2D eigenvalue weighted by molar-refractivity contribution is -0.151. The summed E-state index contributed by atoms with van der Waals surface area (Å²) in [5.41, 5.74) is 0. The lowest BCUT2D eigenvalue weighted by atomic mass is 10.0. The normalized spacial score (nSPS) is 13.3. The number of hydrogen-bond acceptors (Lipinski definition) is 5. The second-order valence-corrected chi connectivity index (χ2v) is 19.7. The number of allylic oxidation sites excluding steroid dienone is 4. The molecule has 3 atom stereocenters. The van der Waals surface area contributed by atoms with Crippen molar-refractivity contribution in [3.8, 4) is 0 Å². The van der Waals surface area contributed by atoms with E-state index in [1.807, 2.05) is 0 Å². The van der Waals surface area contributed by atoms with Gasteiger partial charge in [0.1, 0.15) is 6.10 Å². The van der Waals surface area contributed by atoms with Crippen LogP contribution in [-0.2, 0) is 14.3 Å². The second kappa shape index (κ2) is 52.3. The van der Waals surface area contributed by atoms with Crippen LogP contribution in [0.5, 0.6) is 0 Å². The third-order valence-corrected chi connectivity index (χ3v) is 13.3. The van der Waals surface area contributed by atoms with Crippen LogP contribution < -0.4 is 5.32 Å². The molecule has 0 rings (SSSR count). The number of aliphatic hydroxyl groups excluding tert-OH is 2. The summed E-state index contributed by atoms with van der Waals surface area (Å²) < 4.78 is 5.95. The van der Waals surface area contributed by atoms with E-state index >= 15 is 0 Å². The Bertz CT molecular complexity index is 1010. The molecule has 0 heterocycles. The lowest BCUT2D eigenvalue weighted by Gasteiger charge is -2.24. The quantitative estimate of drug-likeness (QED) is 0.0321. The van der Waals surface area contributed by atoms with E-state index < -0.39 is 18.2 Å². The van der Waals surface area contributed by atoms with Crippen molar-refractivity contribution in [2.24, 2.45) is 0 Å². The van der Waals surface area contributed by atoms with Crippen molar-refractivity contribution in [1.82, 2.24) is 5.32 Å². The van der Waals surface area contributed by atoms with Crippen LogP contribution in [0.25, 0.3) is 0 Å². The van der Waals surface area contributed by atoms with E-state index in [2.05, 4.69) is 50.4 Å². The Morgan fingerprint density at radius 3 is 1.12 bits per heavy atom. The van der Waals surface area contributed by atoms with E-state index in [0.29, 0.717) is 19.3 Å². The van der Waals surface area contributed by atoms with Gasteiger partial charge in [-0.3, -0.25) is 9.59 Å². The van der Waals surface area contributed by atoms with Crippen molar-refractivity contribution in [2.75, 3.05) is 6.61 Å². The number of unbranched alkanes of at least 4 members (excludes halogenated alkanes) is 36. The molecule has 3 unspecified atom stereocenters. The highest BCUT2D eigenvalue weighted by Gasteiger charge is 2.24. The highest BCUT2D eigenvalue weighted by Crippen LogP contribution is 2.18. The van der Waals surface area contributed by atoms with Gasteiger partial charge in [0.25, 0.3) is 0 Å². The molecule has 0 saturated heterocycles. The predicted molar refractivity (Wildman–Crippen MR) is 278 cm³/mol. The smallest absolute Gasteiger partial charge is 0.306 e. The Morgan fingerprint density at radius 1 is 0.438 bits per heavy atom. The molecule has 64 heavy (non-hydrogen) atoms. The monoisotopic (exact) mass is 902 g/mol. The number of hydrogen-bond donors (Lipinski definition) is 3. The summed E-state index contributed by atoms with van der Waals surface area (Å²) >= 11 is 0. The SMILES string of the molecule is CCCCCCCCC/C=C/CCCCCCCC(=O)OC(CCCCC/C=C/CCCCCCCCC)CC(=O)NC(CO)C(O)CCCCCCCCCCCCCCCCC. The Kier molecular flexibility index (Phi) is 51.0. The minimum absolute atomic E-state index is 0.0682. The minimum atomic E-state index is -0.790. The van der Waals surface area contributed by atoms with Gasteiger partial charge in [0, 0.05) is 6.42 Å². The number of esters is 1. The van der Waals surface area contributed by atoms with Crippen LogP contribution >= 0.6 is 0 Å². The lowest BCUT2D eigenvalue weighted by Crippen LogP contribution is -2.46. The highest BCUT2D eigenvalue weighted by molar-refractivity contribution is 5.77. The van der Waals surface area contributed by atoms with E-state index in [0.717, 1.165) is 64.2 Å². The summed E-state index contributed by atoms with van der Waals surface area (Å²) in [6.45, 7) is 6.51. The topological polar surface area (TPSA) is 95.9 Å². The van der Waals surface area contributed by atoms with E-state index in [4.69, 9.17) is 4.74 Å². The number of carbonyl (C=O) groups is 2. The first kappa shape index (κ1) is 62.3. The van der Waals surface area contributed by atoms with Crippen LogP contribution in [0.2, 0.25) is 0 Å². The number of amides is 1. The molecule has 378 valence electrons. The molecule has 0 aliphatic heterocycles. The molecule has 0 aromatic carbocycles. The molecule has 1 amide bonds. The Balaban J connectivity index is 4.55. The summed E-state index contributed by atoms with van der Waals surface area (Å²) in [4.78, 5) is 26.2. The number of ether oxygens (including phenoxy) is 1. The third kappa shape index (κ3) is 46.9. The van der Waals surface area contributed by atoms with Crippen LogP contribution in [0, 0.1) is 0 Å². The largest absolute Gasteiger partial charge is 0.462 e. The van der Waals surface area contributed by atoms with Gasteiger partial charge in [-0.05, 0) is 77.0 Å². The van der Waals surface area contributed by atoms with Gasteiger partial charge in [-0.2, -0.15) is 0 Å². The van der Waals surface area contributed by atoms with Crippen molar-refractivity contribution in [2.45, 2.75) is 328 Å². The van der Waals surface area contributed by atoms with Gasteiger partial charge in [-0.1, -0.05) is 244 Å². The van der Waals surface area contributed by atoms with Gasteiger partial charge < -0.3 is 20.3 Å². The predicted octanol–water partition coefficient (Wildman–Crippen LogP) is 17.5. The van der Waals surface area contributed by atoms with Crippen molar-refractivity contribution < 1.29 is 24.5 Å². The van der Waals surface area contributed by atoms with Crippen LogP contribution in [0.4, 0.5) is 0 Å². The first-order chi connectivity index (χ1) is 31.5. The molecule has 0 aliphatic carbocycles. The molecule has 0 aromatic heterocycles. The summed E-state index contributed by atoms with van der Waals surface area (Å²) in [6, 6.07) is -0.705. The number of rotatable bonds is 52. The first-order valence-corrected chi connectivity index (χ1v) is 28.6. The number of carbonyl (C=O) groups excluding carboxylic acids is 2. The number of aliphatic hydroxyl groups is 2. The van der Waals surface area contributed by atoms with Crippen molar-refractivity contribution in [3.63, 3.8) is 0 Å². The third-order valence-electron chi connectivity index (χ3n) is 13.3. The molecular weight excluding hydrogens is 791 g/mol. The van der Waals surface area contributed by atoms with Gasteiger partial charge in [0.2, 0.25) is 5.91 Å². The standard InChI is InChI=1S/C58H111NO5/c1-4-7-10-13-16-19-22-25-28-30-33-36-39-42-45-48-51-58(63)64-54(49-46-43-40-37-34-31-27-24-21-18-15-12-9-6-3)52-57(62)59-55(53-60)56(61)50-47-44-41-38-35-32-29-26-23-20-17-14-11-8-5-2/h28,30-31,34,54-56,60-61H,4-27,29,32-33,35-53H2,1-3H3,(H,59,62)/b30-28+,34-31+. The highest BCUT2D eigenvalue weighted by atomic mass is 16.5. The zero-order valence-electron chi connectivity index (χ0n) is 43.2. The van der Waals surface area contributed by atoms with E-state index in [1.54, 1.807) is 0 Å². The van der Waals surface area contributed by atoms with E-state index in [1.165, 1.54) is 199 Å². The maximum absolute atomic E-state index is 13.2. The Hall–Kier alpha value is -1.66. The Morgan fingerprint density at radius 2 is 0.750 bits per heavy atom. The van der Waals surface area contributed by atoms with Gasteiger partial charge in [-0.15, -0.1) is 0 Å². The fraction of sp³-hybridized carbons (Fsp3) is 0.897. The van der Waals surface area contributed by atoms with E-state index in [-0.39, 0.29) is 24.9 Å². The van der Waals surface area contributed by atoms with Crippen LogP contribution in [-0.4, -0.2) is 46.9 Å². The fourth-order valence-electron chi connectivity index (χ4n) is 8.89. The molecule has 6 nitrogen and oxygen atoms in total. The molecule has 0 radical (unpaired) electrons. The summed E-state index contributed by atoms with van der Waals surface area (Å²) in [7, 11) is 0. The zero-order chi connectivity index (χ0) is 46.7. The molecule has 3 N–H and O–H groups in total. The molecular formula is C58H111NO5. The molecule has 0 fully saturated rings. The van der Waals surface area contributed by atoms with Crippen molar-refractivity contribution in [1.29, 1.82) is 0 Å². The summed E-state index contributed by atoms with van der Waals surface area (Å²) in [6.07, 6.45) is 61.0. The van der Waals surface area contributed by atoms with Crippen LogP contribution in [0.15, 0.2) is 24.3 Å². The molecule has 0 saturated carbocycles. The molecule has 0 spiro atoms. The van der Waals surface area contributed by atoms with Crippen molar-refractivity contribution in [3.05, 3.63) is 24.3 Å². The van der Waals surface area contributed by atoms with Crippen molar-refractivity contribution >= 4 is 11.9 Å². The summed E-state index contributed by atoms with van der Waals surface area (Å²) in [5, 5.41) is 23.9. The molecule has 0 bridgehead atoms. The Labute approximate surface area is 399 Å². The minimum Gasteiger partial charge on any atom is -0.462 e. The molecule has 6 heteroatoms. The van der Waals surface area contributed by atoms with Gasteiger partial charge in [0.05, 0.1) is 25.2 Å². The average molecular weight is 903 g/mol.